The van der Waals surface area contributed by atoms with Crippen molar-refractivity contribution >= 4 is 32.7 Å². The van der Waals surface area contributed by atoms with Gasteiger partial charge in [-0.2, -0.15) is 10.1 Å². The molecule has 2 heterocycles. The van der Waals surface area contributed by atoms with Gasteiger partial charge in [-0.3, -0.25) is 4.72 Å². The third-order valence-corrected chi connectivity index (χ3v) is 3.64. The molecule has 0 atom stereocenters. The molecule has 3 N–H and O–H groups in total. The Hall–Kier alpha value is -2.68. The van der Waals surface area contributed by atoms with Crippen molar-refractivity contribution in [3.63, 3.8) is 0 Å². The van der Waals surface area contributed by atoms with Crippen LogP contribution in [0.25, 0.3) is 22.3 Å². The molecular formula is C13H14N6O2S. The van der Waals surface area contributed by atoms with Crippen molar-refractivity contribution in [3.8, 4) is 11.3 Å². The van der Waals surface area contributed by atoms with Gasteiger partial charge in [-0.25, -0.2) is 18.1 Å². The molecule has 0 fully saturated rings. The molecule has 0 saturated heterocycles. The predicted octanol–water partition coefficient (Wildman–Crippen LogP) is 0.984. The summed E-state index contributed by atoms with van der Waals surface area (Å²) in [4.78, 5) is 8.15. The molecule has 0 saturated carbocycles. The highest BCUT2D eigenvalue weighted by Gasteiger charge is 2.13. The number of fused-ring (bicyclic) bond motifs is 1. The zero-order chi connectivity index (χ0) is 15.9. The summed E-state index contributed by atoms with van der Waals surface area (Å²) in [6.45, 7) is 0. The van der Waals surface area contributed by atoms with Gasteiger partial charge in [0.05, 0.1) is 11.6 Å². The summed E-state index contributed by atoms with van der Waals surface area (Å²) in [7, 11) is -1.58. The average Bonchev–Trinajstić information content (AvgIpc) is 2.74. The second kappa shape index (κ2) is 4.95. The van der Waals surface area contributed by atoms with E-state index < -0.39 is 10.0 Å². The number of hydrogen-bond donors (Lipinski definition) is 2. The molecule has 3 rings (SSSR count). The van der Waals surface area contributed by atoms with Crippen molar-refractivity contribution in [3.05, 3.63) is 30.5 Å². The second-order valence-electron chi connectivity index (χ2n) is 4.89. The van der Waals surface area contributed by atoms with Crippen LogP contribution in [0, 0.1) is 0 Å². The Kier molecular flexibility index (Phi) is 3.21. The van der Waals surface area contributed by atoms with Crippen LogP contribution in [-0.4, -0.2) is 34.4 Å². The molecule has 3 aromatic rings. The fraction of sp³-hybridized carbons (Fsp3) is 0.154. The van der Waals surface area contributed by atoms with E-state index in [0.717, 1.165) is 17.2 Å². The van der Waals surface area contributed by atoms with Gasteiger partial charge in [0.1, 0.15) is 5.69 Å². The lowest BCUT2D eigenvalue weighted by atomic mass is 10.1. The van der Waals surface area contributed by atoms with Gasteiger partial charge in [-0.1, -0.05) is 12.1 Å². The third kappa shape index (κ3) is 2.70. The zero-order valence-corrected chi connectivity index (χ0v) is 12.8. The van der Waals surface area contributed by atoms with Crippen LogP contribution in [0.1, 0.15) is 0 Å². The highest BCUT2D eigenvalue weighted by atomic mass is 32.2. The lowest BCUT2D eigenvalue weighted by Crippen LogP contribution is -2.09. The Morgan fingerprint density at radius 1 is 1.32 bits per heavy atom. The molecule has 8 nitrogen and oxygen atoms in total. The first kappa shape index (κ1) is 14.3. The second-order valence-corrected chi connectivity index (χ2v) is 6.64. The number of rotatable bonds is 3. The Morgan fingerprint density at radius 3 is 2.82 bits per heavy atom. The van der Waals surface area contributed by atoms with Crippen LogP contribution in [0.2, 0.25) is 0 Å². The number of hydrogen-bond acceptors (Lipinski definition) is 6. The van der Waals surface area contributed by atoms with Crippen LogP contribution in [0.4, 0.5) is 11.6 Å². The first-order valence-electron chi connectivity index (χ1n) is 6.37. The van der Waals surface area contributed by atoms with Gasteiger partial charge in [-0.15, -0.1) is 0 Å². The van der Waals surface area contributed by atoms with Crippen molar-refractivity contribution in [1.29, 1.82) is 0 Å². The quantitative estimate of drug-likeness (QED) is 0.744. The van der Waals surface area contributed by atoms with Gasteiger partial charge in [0, 0.05) is 24.5 Å². The van der Waals surface area contributed by atoms with E-state index >= 15 is 0 Å². The van der Waals surface area contributed by atoms with Crippen molar-refractivity contribution in [2.75, 3.05) is 16.7 Å². The molecule has 22 heavy (non-hydrogen) atoms. The first-order valence-corrected chi connectivity index (χ1v) is 8.26. The molecule has 0 bridgehead atoms. The topological polar surface area (TPSA) is 116 Å². The van der Waals surface area contributed by atoms with Gasteiger partial charge in [0.15, 0.2) is 5.65 Å². The summed E-state index contributed by atoms with van der Waals surface area (Å²) in [6.07, 6.45) is 2.71. The number of aryl methyl sites for hydroxylation is 1. The summed E-state index contributed by atoms with van der Waals surface area (Å²) < 4.78 is 26.7. The lowest BCUT2D eigenvalue weighted by Gasteiger charge is -2.05. The Morgan fingerprint density at radius 2 is 2.09 bits per heavy atom. The fourth-order valence-electron chi connectivity index (χ4n) is 2.21. The molecule has 9 heteroatoms. The van der Waals surface area contributed by atoms with E-state index in [0.29, 0.717) is 17.0 Å². The number of anilines is 2. The monoisotopic (exact) mass is 318 g/mol. The summed E-state index contributed by atoms with van der Waals surface area (Å²) in [5, 5.41) is 5.16. The number of nitrogens with one attached hydrogen (secondary N) is 1. The van der Waals surface area contributed by atoms with Crippen molar-refractivity contribution in [1.82, 2.24) is 19.7 Å². The van der Waals surface area contributed by atoms with Crippen LogP contribution in [0.3, 0.4) is 0 Å². The molecule has 114 valence electrons. The summed E-state index contributed by atoms with van der Waals surface area (Å²) in [5.41, 5.74) is 8.10. The largest absolute Gasteiger partial charge is 0.368 e. The van der Waals surface area contributed by atoms with Gasteiger partial charge >= 0.3 is 0 Å². The fourth-order valence-corrected chi connectivity index (χ4v) is 2.76. The summed E-state index contributed by atoms with van der Waals surface area (Å²) in [5.74, 6) is 0.176. The Bertz CT molecular complexity index is 964. The van der Waals surface area contributed by atoms with Gasteiger partial charge in [-0.05, 0) is 12.1 Å². The van der Waals surface area contributed by atoms with Crippen LogP contribution >= 0.6 is 0 Å². The number of sulfonamides is 1. The number of nitrogens with zero attached hydrogens (tertiary/aromatic N) is 4. The lowest BCUT2D eigenvalue weighted by molar-refractivity contribution is 0.607. The van der Waals surface area contributed by atoms with E-state index in [1.807, 2.05) is 6.07 Å². The van der Waals surface area contributed by atoms with E-state index in [9.17, 15) is 8.42 Å². The minimum Gasteiger partial charge on any atom is -0.368 e. The van der Waals surface area contributed by atoms with E-state index in [4.69, 9.17) is 5.73 Å². The Balaban J connectivity index is 2.14. The molecule has 0 unspecified atom stereocenters. The third-order valence-electron chi connectivity index (χ3n) is 3.04. The van der Waals surface area contributed by atoms with E-state index in [1.54, 1.807) is 36.1 Å². The molecule has 0 radical (unpaired) electrons. The predicted molar refractivity (Wildman–Crippen MR) is 84.6 cm³/mol. The van der Waals surface area contributed by atoms with Gasteiger partial charge < -0.3 is 5.73 Å². The molecule has 0 aliphatic heterocycles. The van der Waals surface area contributed by atoms with Crippen molar-refractivity contribution in [2.24, 2.45) is 7.05 Å². The highest BCUT2D eigenvalue weighted by molar-refractivity contribution is 7.92. The molecule has 1 aromatic carbocycles. The van der Waals surface area contributed by atoms with Gasteiger partial charge in [0.25, 0.3) is 0 Å². The molecule has 0 aliphatic carbocycles. The number of nitrogen functional groups attached to an aromatic ring is 1. The Labute approximate surface area is 127 Å². The molecular weight excluding hydrogens is 304 g/mol. The van der Waals surface area contributed by atoms with Crippen molar-refractivity contribution < 1.29 is 8.42 Å². The van der Waals surface area contributed by atoms with Gasteiger partial charge in [0.2, 0.25) is 16.0 Å². The zero-order valence-electron chi connectivity index (χ0n) is 12.0. The van der Waals surface area contributed by atoms with E-state index in [2.05, 4.69) is 19.8 Å². The van der Waals surface area contributed by atoms with Crippen LogP contribution in [0.15, 0.2) is 30.5 Å². The maximum absolute atomic E-state index is 11.3. The molecule has 0 amide bonds. The van der Waals surface area contributed by atoms with E-state index in [-0.39, 0.29) is 5.95 Å². The maximum Gasteiger partial charge on any atom is 0.229 e. The van der Waals surface area contributed by atoms with E-state index in [1.165, 1.54) is 0 Å². The SMILES string of the molecule is Cn1nc(-c2cccc(NS(C)(=O)=O)c2)c2cnc(N)nc21. The minimum absolute atomic E-state index is 0.176. The normalized spacial score (nSPS) is 11.7. The molecule has 0 spiro atoms. The van der Waals surface area contributed by atoms with Crippen molar-refractivity contribution in [2.45, 2.75) is 0 Å². The summed E-state index contributed by atoms with van der Waals surface area (Å²) >= 11 is 0. The average molecular weight is 318 g/mol. The van der Waals surface area contributed by atoms with Crippen LogP contribution in [-0.2, 0) is 17.1 Å². The molecule has 2 aromatic heterocycles. The van der Waals surface area contributed by atoms with Crippen LogP contribution in [0.5, 0.6) is 0 Å². The highest BCUT2D eigenvalue weighted by Crippen LogP contribution is 2.28. The maximum atomic E-state index is 11.3. The first-order chi connectivity index (χ1) is 10.3. The number of benzene rings is 1. The van der Waals surface area contributed by atoms with Crippen LogP contribution < -0.4 is 10.5 Å². The molecule has 0 aliphatic rings. The standard InChI is InChI=1S/C13H14N6O2S/c1-19-12-10(7-15-13(14)16-12)11(17-19)8-4-3-5-9(6-8)18-22(2,20)21/h3-7,18H,1-2H3,(H2,14,15,16). The minimum atomic E-state index is -3.34. The number of aromatic nitrogens is 4. The summed E-state index contributed by atoms with van der Waals surface area (Å²) in [6, 6.07) is 6.97. The smallest absolute Gasteiger partial charge is 0.229 e. The number of nitrogens with two attached hydrogens (primary N) is 1.